The van der Waals surface area contributed by atoms with Crippen LogP contribution in [0.2, 0.25) is 10.0 Å². The highest BCUT2D eigenvalue weighted by Gasteiger charge is 2.67. The molecule has 2 aromatic carbocycles. The average molecular weight is 657 g/mol. The molecule has 6 nitrogen and oxygen atoms in total. The predicted molar refractivity (Wildman–Crippen MR) is 144 cm³/mol. The Morgan fingerprint density at radius 2 is 1.56 bits per heavy atom. The molecule has 3 amide bonds. The van der Waals surface area contributed by atoms with E-state index in [2.05, 4.69) is 31.9 Å². The third-order valence-electron chi connectivity index (χ3n) is 7.72. The van der Waals surface area contributed by atoms with Crippen LogP contribution in [0.15, 0.2) is 36.4 Å². The van der Waals surface area contributed by atoms with Gasteiger partial charge in [0, 0.05) is 20.2 Å². The van der Waals surface area contributed by atoms with Gasteiger partial charge in [0.05, 0.1) is 22.4 Å². The van der Waals surface area contributed by atoms with E-state index in [-0.39, 0.29) is 32.1 Å². The summed E-state index contributed by atoms with van der Waals surface area (Å²) >= 11 is 19.7. The number of hydrogen-bond donors (Lipinski definition) is 0. The quantitative estimate of drug-likeness (QED) is 0.238. The number of carbonyl (C=O) groups is 4. The lowest BCUT2D eigenvalue weighted by atomic mass is 9.81. The van der Waals surface area contributed by atoms with E-state index in [1.165, 1.54) is 18.2 Å². The van der Waals surface area contributed by atoms with Crippen molar-refractivity contribution in [2.24, 2.45) is 23.7 Å². The number of benzene rings is 2. The molecule has 1 heterocycles. The first-order chi connectivity index (χ1) is 17.0. The van der Waals surface area contributed by atoms with Gasteiger partial charge in [-0.05, 0) is 67.5 Å². The number of imide groups is 1. The molecule has 0 unspecified atom stereocenters. The Hall–Kier alpha value is -1.74. The summed E-state index contributed by atoms with van der Waals surface area (Å²) < 4.78 is 0. The van der Waals surface area contributed by atoms with Crippen LogP contribution in [-0.2, 0) is 9.59 Å². The summed E-state index contributed by atoms with van der Waals surface area (Å²) in [4.78, 5) is 54.6. The highest BCUT2D eigenvalue weighted by Crippen LogP contribution is 2.60. The van der Waals surface area contributed by atoms with Crippen molar-refractivity contribution in [1.82, 2.24) is 10.0 Å². The second-order valence-corrected chi connectivity index (χ2v) is 12.7. The molecule has 2 bridgehead atoms. The molecule has 2 aliphatic carbocycles. The van der Waals surface area contributed by atoms with Crippen LogP contribution in [0.4, 0.5) is 0 Å². The van der Waals surface area contributed by atoms with Crippen molar-refractivity contribution in [2.75, 3.05) is 6.54 Å². The summed E-state index contributed by atoms with van der Waals surface area (Å²) in [5.74, 6) is -3.14. The Bertz CT molecular complexity index is 1290. The average Bonchev–Trinajstić information content (AvgIpc) is 3.44. The fourth-order valence-electron chi connectivity index (χ4n) is 5.75. The van der Waals surface area contributed by atoms with Crippen molar-refractivity contribution in [3.8, 4) is 0 Å². The largest absolute Gasteiger partial charge is 0.292 e. The van der Waals surface area contributed by atoms with Gasteiger partial charge in [-0.1, -0.05) is 67.2 Å². The van der Waals surface area contributed by atoms with Crippen LogP contribution in [0, 0.1) is 37.5 Å². The third-order valence-corrected chi connectivity index (χ3v) is 11.5. The first kappa shape index (κ1) is 25.9. The van der Waals surface area contributed by atoms with Crippen molar-refractivity contribution in [1.29, 1.82) is 0 Å². The lowest BCUT2D eigenvalue weighted by Crippen LogP contribution is -2.52. The molecule has 36 heavy (non-hydrogen) atoms. The maximum atomic E-state index is 13.8. The Morgan fingerprint density at radius 1 is 0.944 bits per heavy atom. The molecule has 0 radical (unpaired) electrons. The van der Waals surface area contributed by atoms with Crippen molar-refractivity contribution < 1.29 is 19.2 Å². The van der Waals surface area contributed by atoms with E-state index in [1.807, 2.05) is 19.9 Å². The predicted octanol–water partition coefficient (Wildman–Crippen LogP) is 5.63. The second-order valence-electron chi connectivity index (χ2n) is 9.70. The molecule has 0 aromatic heterocycles. The van der Waals surface area contributed by atoms with E-state index in [0.29, 0.717) is 10.6 Å². The van der Waals surface area contributed by atoms with Gasteiger partial charge in [-0.25, -0.2) is 5.01 Å². The van der Waals surface area contributed by atoms with Crippen molar-refractivity contribution >= 4 is 78.6 Å². The van der Waals surface area contributed by atoms with E-state index in [1.54, 1.807) is 12.1 Å². The van der Waals surface area contributed by atoms with Gasteiger partial charge < -0.3 is 0 Å². The molecule has 188 valence electrons. The normalized spacial score (nSPS) is 28.6. The van der Waals surface area contributed by atoms with Crippen molar-refractivity contribution in [3.05, 3.63) is 68.7 Å². The summed E-state index contributed by atoms with van der Waals surface area (Å²) in [7, 11) is 0. The first-order valence-corrected chi connectivity index (χ1v) is 14.1. The summed E-state index contributed by atoms with van der Waals surface area (Å²) in [6.07, 6.45) is 0.755. The van der Waals surface area contributed by atoms with Gasteiger partial charge >= 0.3 is 0 Å². The molecule has 6 atom stereocenters. The van der Waals surface area contributed by atoms with Crippen molar-refractivity contribution in [3.63, 3.8) is 0 Å². The zero-order valence-electron chi connectivity index (χ0n) is 19.4. The van der Waals surface area contributed by atoms with E-state index in [0.717, 1.165) is 27.6 Å². The smallest absolute Gasteiger partial charge is 0.274 e. The summed E-state index contributed by atoms with van der Waals surface area (Å²) in [5, 5.41) is 2.25. The van der Waals surface area contributed by atoms with Crippen LogP contribution in [0.25, 0.3) is 0 Å². The molecular weight excluding hydrogens is 635 g/mol. The maximum absolute atomic E-state index is 13.8. The zero-order valence-corrected chi connectivity index (χ0v) is 24.1. The summed E-state index contributed by atoms with van der Waals surface area (Å²) in [6, 6.07) is 9.58. The summed E-state index contributed by atoms with van der Waals surface area (Å²) in [5.41, 5.74) is 2.38. The number of Topliss-reactive ketones (excluding diaryl/α,β-unsaturated/α-hetero) is 1. The Morgan fingerprint density at radius 3 is 2.11 bits per heavy atom. The number of nitrogens with zero attached hydrogens (tertiary/aromatic N) is 2. The number of alkyl halides is 2. The number of aryl methyl sites for hydroxylation is 2. The van der Waals surface area contributed by atoms with Gasteiger partial charge in [0.25, 0.3) is 17.7 Å². The van der Waals surface area contributed by atoms with E-state index in [4.69, 9.17) is 23.2 Å². The minimum Gasteiger partial charge on any atom is -0.292 e. The second kappa shape index (κ2) is 9.53. The molecular formula is C26H22Br2Cl2N2O4. The Balaban J connectivity index is 1.53. The van der Waals surface area contributed by atoms with Crippen LogP contribution in [0.5, 0.6) is 0 Å². The summed E-state index contributed by atoms with van der Waals surface area (Å²) in [6.45, 7) is 3.34. The van der Waals surface area contributed by atoms with E-state index < -0.39 is 41.9 Å². The molecule has 3 fully saturated rings. The minimum absolute atomic E-state index is 0.0302. The van der Waals surface area contributed by atoms with Crippen LogP contribution >= 0.6 is 55.1 Å². The first-order valence-electron chi connectivity index (χ1n) is 11.5. The minimum atomic E-state index is -0.714. The third kappa shape index (κ3) is 4.05. The van der Waals surface area contributed by atoms with Crippen LogP contribution in [0.3, 0.4) is 0 Å². The molecule has 5 rings (SSSR count). The molecule has 0 spiro atoms. The SMILES string of the molecule is Cc1ccc(C(=O)CN(C(=O)c2ccc(Cl)cc2Cl)N2C(=O)[C@@H]3[C@H]4C[C@@H]([C@H](Br)[C@@H]4Br)[C@@H]3C2=O)cc1C. The highest BCUT2D eigenvalue weighted by molar-refractivity contribution is 9.12. The molecule has 2 aromatic rings. The van der Waals surface area contributed by atoms with Crippen LogP contribution in [0.1, 0.15) is 38.3 Å². The zero-order chi connectivity index (χ0) is 26.0. The molecule has 3 aliphatic rings. The number of amides is 3. The lowest BCUT2D eigenvalue weighted by molar-refractivity contribution is -0.154. The maximum Gasteiger partial charge on any atom is 0.274 e. The van der Waals surface area contributed by atoms with E-state index in [9.17, 15) is 19.2 Å². The van der Waals surface area contributed by atoms with Gasteiger partial charge in [0.15, 0.2) is 5.78 Å². The molecule has 0 N–H and O–H groups in total. The van der Waals surface area contributed by atoms with Gasteiger partial charge in [0.1, 0.15) is 6.54 Å². The van der Waals surface area contributed by atoms with Gasteiger partial charge in [-0.2, -0.15) is 5.01 Å². The Kier molecular flexibility index (Phi) is 6.86. The molecule has 1 saturated heterocycles. The number of hydrazine groups is 1. The number of carbonyl (C=O) groups excluding carboxylic acids is 4. The Labute approximate surface area is 235 Å². The number of fused-ring (bicyclic) bond motifs is 5. The number of halogens is 4. The molecule has 10 heteroatoms. The standard InChI is InChI=1S/C26H22Br2Cl2N2O4/c1-11-3-4-13(7-12(11)2)19(33)10-31(24(34)15-6-5-14(29)8-18(15)30)32-25(35)20-16-9-17(21(20)26(32)36)23(28)22(16)27/h3-8,16-17,20-23H,9-10H2,1-2H3/t16-,17-,20-,21+,22-,23+/m1/s1. The number of hydrogen-bond acceptors (Lipinski definition) is 4. The molecule has 2 saturated carbocycles. The van der Waals surface area contributed by atoms with Crippen molar-refractivity contribution in [2.45, 2.75) is 29.9 Å². The fraction of sp³-hybridized carbons (Fsp3) is 0.385. The number of ketones is 1. The van der Waals surface area contributed by atoms with E-state index >= 15 is 0 Å². The monoisotopic (exact) mass is 654 g/mol. The van der Waals surface area contributed by atoms with Gasteiger partial charge in [-0.15, -0.1) is 0 Å². The fourth-order valence-corrected chi connectivity index (χ4v) is 8.11. The molecule has 1 aliphatic heterocycles. The lowest BCUT2D eigenvalue weighted by Gasteiger charge is -2.31. The van der Waals surface area contributed by atoms with Gasteiger partial charge in [0.2, 0.25) is 0 Å². The van der Waals surface area contributed by atoms with Gasteiger partial charge in [-0.3, -0.25) is 19.2 Å². The number of rotatable bonds is 5. The topological polar surface area (TPSA) is 74.8 Å². The van der Waals surface area contributed by atoms with Crippen LogP contribution < -0.4 is 0 Å². The highest BCUT2D eigenvalue weighted by atomic mass is 79.9. The van der Waals surface area contributed by atoms with Crippen LogP contribution in [-0.4, -0.2) is 49.7 Å².